The lowest BCUT2D eigenvalue weighted by Crippen LogP contribution is -2.13. The predicted molar refractivity (Wildman–Crippen MR) is 55.3 cm³/mol. The summed E-state index contributed by atoms with van der Waals surface area (Å²) in [4.78, 5) is 14.8. The quantitative estimate of drug-likeness (QED) is 0.767. The molecule has 0 aromatic heterocycles. The number of nitrogens with zero attached hydrogens (tertiary/aromatic N) is 1. The van der Waals surface area contributed by atoms with Gasteiger partial charge in [-0.15, -0.1) is 0 Å². The Bertz CT molecular complexity index is 426. The Hall–Kier alpha value is -1.84. The molecule has 4 heteroatoms. The van der Waals surface area contributed by atoms with Crippen LogP contribution in [0.1, 0.15) is 18.4 Å². The molecule has 0 saturated carbocycles. The van der Waals surface area contributed by atoms with Crippen molar-refractivity contribution in [3.63, 3.8) is 0 Å². The van der Waals surface area contributed by atoms with Crippen LogP contribution in [0.15, 0.2) is 29.3 Å². The van der Waals surface area contributed by atoms with Crippen LogP contribution in [-0.4, -0.2) is 27.9 Å². The number of hydrogen-bond donors (Lipinski definition) is 2. The van der Waals surface area contributed by atoms with Gasteiger partial charge in [-0.3, -0.25) is 4.99 Å². The first-order valence-electron chi connectivity index (χ1n) is 4.75. The van der Waals surface area contributed by atoms with E-state index in [1.807, 2.05) is 6.07 Å². The first kappa shape index (κ1) is 9.71. The van der Waals surface area contributed by atoms with Gasteiger partial charge in [0, 0.05) is 5.71 Å². The molecule has 0 saturated heterocycles. The Morgan fingerprint density at radius 2 is 2.27 bits per heavy atom. The number of hydrogen-bond acceptors (Lipinski definition) is 3. The summed E-state index contributed by atoms with van der Waals surface area (Å²) < 4.78 is 0. The third-order valence-electron chi connectivity index (χ3n) is 2.43. The minimum absolute atomic E-state index is 0.175. The number of carboxylic acids is 1. The second-order valence-corrected chi connectivity index (χ2v) is 3.52. The summed E-state index contributed by atoms with van der Waals surface area (Å²) in [6.45, 7) is 0. The number of phenols is 1. The fraction of sp³-hybridized carbons (Fsp3) is 0.273. The molecule has 0 fully saturated rings. The Balaban J connectivity index is 2.26. The van der Waals surface area contributed by atoms with Gasteiger partial charge in [0.1, 0.15) is 11.8 Å². The molecule has 0 radical (unpaired) electrons. The van der Waals surface area contributed by atoms with E-state index in [1.54, 1.807) is 18.2 Å². The van der Waals surface area contributed by atoms with Crippen LogP contribution in [0.3, 0.4) is 0 Å². The fourth-order valence-electron chi connectivity index (χ4n) is 1.67. The summed E-state index contributed by atoms with van der Waals surface area (Å²) in [5, 5.41) is 18.1. The number of rotatable bonds is 2. The van der Waals surface area contributed by atoms with Crippen molar-refractivity contribution < 1.29 is 15.0 Å². The third kappa shape index (κ3) is 1.98. The molecule has 0 aliphatic carbocycles. The molecule has 4 nitrogen and oxygen atoms in total. The molecule has 2 N–H and O–H groups in total. The molecular weight excluding hydrogens is 194 g/mol. The van der Waals surface area contributed by atoms with Gasteiger partial charge in [-0.05, 0) is 30.5 Å². The molecule has 1 aliphatic rings. The van der Waals surface area contributed by atoms with Crippen molar-refractivity contribution in [2.75, 3.05) is 0 Å². The van der Waals surface area contributed by atoms with Gasteiger partial charge in [-0.25, -0.2) is 4.79 Å². The van der Waals surface area contributed by atoms with Crippen LogP contribution in [0.2, 0.25) is 0 Å². The van der Waals surface area contributed by atoms with Gasteiger partial charge < -0.3 is 10.2 Å². The zero-order valence-electron chi connectivity index (χ0n) is 8.05. The van der Waals surface area contributed by atoms with Crippen LogP contribution in [-0.2, 0) is 4.79 Å². The number of phenolic OH excluding ortho intramolecular Hbond substituents is 1. The molecule has 1 aromatic rings. The van der Waals surface area contributed by atoms with Crippen LogP contribution in [0.4, 0.5) is 0 Å². The molecule has 1 aliphatic heterocycles. The lowest BCUT2D eigenvalue weighted by Gasteiger charge is -2.00. The standard InChI is InChI=1S/C11H11NO3/c13-8-3-1-2-7(6-8)9-4-5-10(12-9)11(14)15/h1-3,6,10,13H,4-5H2,(H,14,15)/t10-/m1/s1. The smallest absolute Gasteiger partial charge is 0.328 e. The monoisotopic (exact) mass is 205 g/mol. The zero-order chi connectivity index (χ0) is 10.8. The minimum atomic E-state index is -0.884. The maximum Gasteiger partial charge on any atom is 0.328 e. The zero-order valence-corrected chi connectivity index (χ0v) is 8.05. The molecule has 1 heterocycles. The number of aliphatic carboxylic acids is 1. The average molecular weight is 205 g/mol. The summed E-state index contributed by atoms with van der Waals surface area (Å²) in [5.41, 5.74) is 1.57. The highest BCUT2D eigenvalue weighted by Crippen LogP contribution is 2.21. The first-order chi connectivity index (χ1) is 7.16. The van der Waals surface area contributed by atoms with E-state index in [4.69, 9.17) is 5.11 Å². The Kier molecular flexibility index (Phi) is 2.41. The maximum absolute atomic E-state index is 10.7. The van der Waals surface area contributed by atoms with Crippen LogP contribution < -0.4 is 0 Å². The predicted octanol–water partition coefficient (Wildman–Crippen LogP) is 1.43. The number of aliphatic imine (C=N–C) groups is 1. The van der Waals surface area contributed by atoms with Crippen LogP contribution >= 0.6 is 0 Å². The van der Waals surface area contributed by atoms with Crippen LogP contribution in [0.5, 0.6) is 5.75 Å². The van der Waals surface area contributed by atoms with Gasteiger partial charge in [0.05, 0.1) is 0 Å². The van der Waals surface area contributed by atoms with Gasteiger partial charge in [-0.1, -0.05) is 12.1 Å². The molecule has 1 aromatic carbocycles. The maximum atomic E-state index is 10.7. The van der Waals surface area contributed by atoms with E-state index >= 15 is 0 Å². The first-order valence-corrected chi connectivity index (χ1v) is 4.75. The van der Waals surface area contributed by atoms with Crippen molar-refractivity contribution in [1.29, 1.82) is 0 Å². The van der Waals surface area contributed by atoms with E-state index in [0.717, 1.165) is 11.3 Å². The summed E-state index contributed by atoms with van der Waals surface area (Å²) >= 11 is 0. The van der Waals surface area contributed by atoms with E-state index in [-0.39, 0.29) is 5.75 Å². The number of aromatic hydroxyl groups is 1. The van der Waals surface area contributed by atoms with E-state index in [9.17, 15) is 9.90 Å². The van der Waals surface area contributed by atoms with Gasteiger partial charge in [0.25, 0.3) is 0 Å². The number of carbonyl (C=O) groups is 1. The summed E-state index contributed by atoms with van der Waals surface area (Å²) in [5.74, 6) is -0.709. The topological polar surface area (TPSA) is 69.9 Å². The highest BCUT2D eigenvalue weighted by molar-refractivity contribution is 6.03. The molecule has 0 unspecified atom stereocenters. The van der Waals surface area contributed by atoms with Crippen LogP contribution in [0.25, 0.3) is 0 Å². The van der Waals surface area contributed by atoms with Gasteiger partial charge >= 0.3 is 5.97 Å². The van der Waals surface area contributed by atoms with Crippen molar-refractivity contribution in [3.8, 4) is 5.75 Å². The van der Waals surface area contributed by atoms with E-state index < -0.39 is 12.0 Å². The Morgan fingerprint density at radius 1 is 1.47 bits per heavy atom. The molecule has 2 rings (SSSR count). The van der Waals surface area contributed by atoms with Crippen molar-refractivity contribution in [3.05, 3.63) is 29.8 Å². The van der Waals surface area contributed by atoms with Crippen molar-refractivity contribution in [1.82, 2.24) is 0 Å². The summed E-state index contributed by atoms with van der Waals surface area (Å²) in [6.07, 6.45) is 1.20. The normalized spacial score (nSPS) is 20.0. The largest absolute Gasteiger partial charge is 0.508 e. The minimum Gasteiger partial charge on any atom is -0.508 e. The third-order valence-corrected chi connectivity index (χ3v) is 2.43. The SMILES string of the molecule is O=C(O)[C@H]1CCC(c2cccc(O)c2)=N1. The average Bonchev–Trinajstić information content (AvgIpc) is 2.66. The highest BCUT2D eigenvalue weighted by atomic mass is 16.4. The van der Waals surface area contributed by atoms with Gasteiger partial charge in [0.2, 0.25) is 0 Å². The molecule has 0 spiro atoms. The number of benzene rings is 1. The molecular formula is C11H11NO3. The number of carboxylic acid groups (broad SMARTS) is 1. The Morgan fingerprint density at radius 3 is 2.87 bits per heavy atom. The van der Waals surface area contributed by atoms with Gasteiger partial charge in [-0.2, -0.15) is 0 Å². The molecule has 0 bridgehead atoms. The van der Waals surface area contributed by atoms with Gasteiger partial charge in [0.15, 0.2) is 0 Å². The lowest BCUT2D eigenvalue weighted by atomic mass is 10.1. The second kappa shape index (κ2) is 3.73. The van der Waals surface area contributed by atoms with E-state index in [1.165, 1.54) is 0 Å². The van der Waals surface area contributed by atoms with Crippen molar-refractivity contribution >= 4 is 11.7 Å². The molecule has 15 heavy (non-hydrogen) atoms. The van der Waals surface area contributed by atoms with E-state index in [2.05, 4.69) is 4.99 Å². The van der Waals surface area contributed by atoms with Crippen LogP contribution in [0, 0.1) is 0 Å². The van der Waals surface area contributed by atoms with Crippen molar-refractivity contribution in [2.24, 2.45) is 4.99 Å². The molecule has 1 atom stereocenters. The summed E-state index contributed by atoms with van der Waals surface area (Å²) in [6, 6.07) is 6.10. The Labute approximate surface area is 86.9 Å². The highest BCUT2D eigenvalue weighted by Gasteiger charge is 2.24. The van der Waals surface area contributed by atoms with E-state index in [0.29, 0.717) is 12.8 Å². The summed E-state index contributed by atoms with van der Waals surface area (Å²) in [7, 11) is 0. The lowest BCUT2D eigenvalue weighted by molar-refractivity contribution is -0.138. The van der Waals surface area contributed by atoms with Crippen molar-refractivity contribution in [2.45, 2.75) is 18.9 Å². The molecule has 78 valence electrons. The fourth-order valence-corrected chi connectivity index (χ4v) is 1.67. The second-order valence-electron chi connectivity index (χ2n) is 3.52. The molecule has 0 amide bonds.